The van der Waals surface area contributed by atoms with Crippen molar-refractivity contribution in [2.24, 2.45) is 5.10 Å². The average molecular weight is 419 g/mol. The Balaban J connectivity index is 1.61. The topological polar surface area (TPSA) is 67.6 Å². The molecule has 0 aliphatic rings. The van der Waals surface area contributed by atoms with E-state index in [1.807, 2.05) is 63.2 Å². The van der Waals surface area contributed by atoms with Gasteiger partial charge in [0.15, 0.2) is 0 Å². The molecular formula is C25H30N4O2. The number of amides is 1. The number of anilines is 1. The second-order valence-electron chi connectivity index (χ2n) is 7.53. The van der Waals surface area contributed by atoms with Gasteiger partial charge >= 0.3 is 0 Å². The second-order valence-corrected chi connectivity index (χ2v) is 7.53. The molecule has 0 aliphatic carbocycles. The molecule has 0 fully saturated rings. The van der Waals surface area contributed by atoms with Crippen molar-refractivity contribution in [2.45, 2.75) is 34.6 Å². The molecule has 0 radical (unpaired) electrons. The molecule has 2 aromatic carbocycles. The predicted molar refractivity (Wildman–Crippen MR) is 127 cm³/mol. The number of carbonyl (C=O) groups excluding carboxylic acids is 1. The van der Waals surface area contributed by atoms with Crippen molar-refractivity contribution in [3.63, 3.8) is 0 Å². The van der Waals surface area contributed by atoms with Crippen LogP contribution in [0.3, 0.4) is 0 Å². The summed E-state index contributed by atoms with van der Waals surface area (Å²) in [5.74, 6) is 0.655. The van der Waals surface area contributed by atoms with Crippen LogP contribution in [-0.4, -0.2) is 29.8 Å². The largest absolute Gasteiger partial charge is 0.494 e. The third-order valence-corrected chi connectivity index (χ3v) is 5.23. The lowest BCUT2D eigenvalue weighted by molar-refractivity contribution is -0.119. The summed E-state index contributed by atoms with van der Waals surface area (Å²) in [7, 11) is 0. The molecule has 162 valence electrons. The quantitative estimate of drug-likeness (QED) is 0.413. The number of carbonyl (C=O) groups is 1. The third-order valence-electron chi connectivity index (χ3n) is 5.23. The van der Waals surface area contributed by atoms with Crippen LogP contribution in [0.15, 0.2) is 53.6 Å². The Morgan fingerprint density at radius 2 is 1.77 bits per heavy atom. The fourth-order valence-corrected chi connectivity index (χ4v) is 3.42. The van der Waals surface area contributed by atoms with Gasteiger partial charge in [0.05, 0.1) is 19.4 Å². The van der Waals surface area contributed by atoms with Crippen LogP contribution in [0.25, 0.3) is 5.69 Å². The van der Waals surface area contributed by atoms with E-state index in [-0.39, 0.29) is 12.5 Å². The Hall–Kier alpha value is -3.54. The Bertz CT molecular complexity index is 1080. The van der Waals surface area contributed by atoms with E-state index in [1.165, 1.54) is 11.1 Å². The van der Waals surface area contributed by atoms with E-state index in [0.717, 1.165) is 34.1 Å². The number of rotatable bonds is 8. The van der Waals surface area contributed by atoms with E-state index in [2.05, 4.69) is 40.3 Å². The highest BCUT2D eigenvalue weighted by molar-refractivity contribution is 5.85. The van der Waals surface area contributed by atoms with Gasteiger partial charge in [-0.05, 0) is 88.2 Å². The van der Waals surface area contributed by atoms with E-state index in [1.54, 1.807) is 6.21 Å². The minimum atomic E-state index is -0.199. The van der Waals surface area contributed by atoms with Crippen molar-refractivity contribution in [3.05, 3.63) is 76.6 Å². The molecule has 0 bridgehead atoms. The lowest BCUT2D eigenvalue weighted by Gasteiger charge is -2.11. The van der Waals surface area contributed by atoms with Gasteiger partial charge in [-0.2, -0.15) is 5.10 Å². The van der Waals surface area contributed by atoms with Gasteiger partial charge in [-0.15, -0.1) is 0 Å². The van der Waals surface area contributed by atoms with Gasteiger partial charge in [0, 0.05) is 28.3 Å². The maximum atomic E-state index is 12.1. The number of aromatic nitrogens is 1. The second kappa shape index (κ2) is 9.98. The van der Waals surface area contributed by atoms with Crippen LogP contribution < -0.4 is 15.5 Å². The minimum absolute atomic E-state index is 0.158. The molecule has 1 heterocycles. The molecule has 2 N–H and O–H groups in total. The van der Waals surface area contributed by atoms with Crippen LogP contribution in [0.1, 0.15) is 35.0 Å². The number of hydrogen-bond donors (Lipinski definition) is 2. The van der Waals surface area contributed by atoms with Crippen LogP contribution in [0.2, 0.25) is 0 Å². The van der Waals surface area contributed by atoms with Crippen molar-refractivity contribution < 1.29 is 9.53 Å². The number of hydrogen-bond acceptors (Lipinski definition) is 4. The molecule has 31 heavy (non-hydrogen) atoms. The van der Waals surface area contributed by atoms with E-state index in [0.29, 0.717) is 6.61 Å². The molecule has 6 nitrogen and oxygen atoms in total. The zero-order valence-corrected chi connectivity index (χ0v) is 18.8. The van der Waals surface area contributed by atoms with Crippen LogP contribution in [0.5, 0.6) is 5.75 Å². The lowest BCUT2D eigenvalue weighted by Crippen LogP contribution is -2.25. The van der Waals surface area contributed by atoms with Crippen molar-refractivity contribution in [2.75, 3.05) is 18.5 Å². The Morgan fingerprint density at radius 1 is 1.03 bits per heavy atom. The molecule has 1 amide bonds. The van der Waals surface area contributed by atoms with Crippen LogP contribution in [-0.2, 0) is 4.79 Å². The molecule has 0 spiro atoms. The highest BCUT2D eigenvalue weighted by Gasteiger charge is 2.10. The molecule has 0 atom stereocenters. The maximum Gasteiger partial charge on any atom is 0.259 e. The number of hydrazone groups is 1. The summed E-state index contributed by atoms with van der Waals surface area (Å²) in [6.45, 7) is 11.0. The van der Waals surface area contributed by atoms with Crippen molar-refractivity contribution in [1.82, 2.24) is 9.99 Å². The number of benzene rings is 2. The Morgan fingerprint density at radius 3 is 2.45 bits per heavy atom. The summed E-state index contributed by atoms with van der Waals surface area (Å²) in [5, 5.41) is 7.26. The predicted octanol–water partition coefficient (Wildman–Crippen LogP) is 4.67. The van der Waals surface area contributed by atoms with Gasteiger partial charge < -0.3 is 14.6 Å². The van der Waals surface area contributed by atoms with Crippen LogP contribution in [0.4, 0.5) is 5.69 Å². The summed E-state index contributed by atoms with van der Waals surface area (Å²) >= 11 is 0. The molecule has 3 aromatic rings. The zero-order chi connectivity index (χ0) is 22.4. The number of nitrogens with zero attached hydrogens (tertiary/aromatic N) is 2. The summed E-state index contributed by atoms with van der Waals surface area (Å²) in [4.78, 5) is 12.1. The standard InChI is InChI=1S/C25H30N4O2/c1-6-31-24-11-9-23(10-12-24)29-19(4)14-21(20(29)5)15-27-28-25(30)16-26-22-8-7-17(2)18(3)13-22/h7-15,26H,6,16H2,1-5H3,(H,28,30)/b27-15-. The fourth-order valence-electron chi connectivity index (χ4n) is 3.42. The van der Waals surface area contributed by atoms with Crippen LogP contribution in [0, 0.1) is 27.7 Å². The fraction of sp³-hybridized carbons (Fsp3) is 0.280. The first kappa shape index (κ1) is 22.2. The summed E-state index contributed by atoms with van der Waals surface area (Å²) in [6.07, 6.45) is 1.68. The van der Waals surface area contributed by atoms with Crippen LogP contribution >= 0.6 is 0 Å². The minimum Gasteiger partial charge on any atom is -0.494 e. The maximum absolute atomic E-state index is 12.1. The van der Waals surface area contributed by atoms with E-state index < -0.39 is 0 Å². The highest BCUT2D eigenvalue weighted by atomic mass is 16.5. The SMILES string of the molecule is CCOc1ccc(-n2c(C)cc(/C=N\NC(=O)CNc3ccc(C)c(C)c3)c2C)cc1. The van der Waals surface area contributed by atoms with Gasteiger partial charge in [-0.25, -0.2) is 5.43 Å². The highest BCUT2D eigenvalue weighted by Crippen LogP contribution is 2.22. The normalized spacial score (nSPS) is 11.0. The number of ether oxygens (including phenoxy) is 1. The molecular weight excluding hydrogens is 388 g/mol. The van der Waals surface area contributed by atoms with Crippen molar-refractivity contribution in [3.8, 4) is 11.4 Å². The van der Waals surface area contributed by atoms with E-state index in [4.69, 9.17) is 4.74 Å². The van der Waals surface area contributed by atoms with Crippen molar-refractivity contribution in [1.29, 1.82) is 0 Å². The average Bonchev–Trinajstić information content (AvgIpc) is 3.03. The lowest BCUT2D eigenvalue weighted by atomic mass is 10.1. The summed E-state index contributed by atoms with van der Waals surface area (Å²) in [6, 6.07) is 16.1. The molecule has 0 aliphatic heterocycles. The smallest absolute Gasteiger partial charge is 0.259 e. The Labute approximate surface area is 183 Å². The zero-order valence-electron chi connectivity index (χ0n) is 18.8. The molecule has 0 saturated carbocycles. The van der Waals surface area contributed by atoms with Gasteiger partial charge in [-0.1, -0.05) is 6.07 Å². The third kappa shape index (κ3) is 5.54. The van der Waals surface area contributed by atoms with Gasteiger partial charge in [0.2, 0.25) is 0 Å². The van der Waals surface area contributed by atoms with Crippen molar-refractivity contribution >= 4 is 17.8 Å². The van der Waals surface area contributed by atoms with Gasteiger partial charge in [0.25, 0.3) is 5.91 Å². The summed E-state index contributed by atoms with van der Waals surface area (Å²) in [5.41, 5.74) is 10.1. The first-order chi connectivity index (χ1) is 14.9. The first-order valence-corrected chi connectivity index (χ1v) is 10.4. The molecule has 3 rings (SSSR count). The van der Waals surface area contributed by atoms with Gasteiger partial charge in [0.1, 0.15) is 5.75 Å². The molecule has 1 aromatic heterocycles. The monoisotopic (exact) mass is 418 g/mol. The molecule has 0 unspecified atom stereocenters. The van der Waals surface area contributed by atoms with E-state index in [9.17, 15) is 4.79 Å². The van der Waals surface area contributed by atoms with Gasteiger partial charge in [-0.3, -0.25) is 4.79 Å². The van der Waals surface area contributed by atoms with E-state index >= 15 is 0 Å². The number of aryl methyl sites for hydroxylation is 3. The summed E-state index contributed by atoms with van der Waals surface area (Å²) < 4.78 is 7.67. The first-order valence-electron chi connectivity index (χ1n) is 10.4. The Kier molecular flexibility index (Phi) is 7.13. The number of nitrogens with one attached hydrogen (secondary N) is 2. The molecule has 0 saturated heterocycles. The molecule has 6 heteroatoms.